The van der Waals surface area contributed by atoms with E-state index in [0.717, 1.165) is 26.0 Å². The third-order valence-corrected chi connectivity index (χ3v) is 4.89. The lowest BCUT2D eigenvalue weighted by Crippen LogP contribution is -2.00. The molecule has 1 atom stereocenters. The molecule has 4 heteroatoms. The second-order valence-corrected chi connectivity index (χ2v) is 6.25. The number of rotatable bonds is 3. The van der Waals surface area contributed by atoms with Crippen LogP contribution in [0.2, 0.25) is 0 Å². The van der Waals surface area contributed by atoms with Crippen molar-refractivity contribution < 1.29 is 9.84 Å². The fourth-order valence-electron chi connectivity index (χ4n) is 2.26. The lowest BCUT2D eigenvalue weighted by atomic mass is 10.0. The number of aliphatic hydroxyl groups is 1. The molecule has 0 bridgehead atoms. The highest BCUT2D eigenvalue weighted by molar-refractivity contribution is 9.10. The molecular weight excluding hydrogens is 336 g/mol. The van der Waals surface area contributed by atoms with E-state index in [-0.39, 0.29) is 0 Å². The maximum atomic E-state index is 10.6. The Kier molecular flexibility index (Phi) is 3.78. The van der Waals surface area contributed by atoms with Crippen LogP contribution in [0.25, 0.3) is 10.1 Å². The Morgan fingerprint density at radius 1 is 1.20 bits per heavy atom. The van der Waals surface area contributed by atoms with Crippen molar-refractivity contribution in [1.82, 2.24) is 0 Å². The molecule has 3 aromatic rings. The number of hydrogen-bond acceptors (Lipinski definition) is 3. The maximum Gasteiger partial charge on any atom is 0.133 e. The molecule has 0 saturated heterocycles. The van der Waals surface area contributed by atoms with Crippen LogP contribution in [0.15, 0.2) is 52.3 Å². The number of hydrogen-bond donors (Lipinski definition) is 1. The number of benzene rings is 2. The molecule has 102 valence electrons. The average Bonchev–Trinajstić information content (AvgIpc) is 2.94. The van der Waals surface area contributed by atoms with E-state index in [2.05, 4.69) is 28.1 Å². The Bertz CT molecular complexity index is 751. The number of fused-ring (bicyclic) bond motifs is 1. The van der Waals surface area contributed by atoms with E-state index in [0.29, 0.717) is 0 Å². The van der Waals surface area contributed by atoms with Gasteiger partial charge in [0.1, 0.15) is 11.9 Å². The van der Waals surface area contributed by atoms with Gasteiger partial charge in [-0.15, -0.1) is 11.3 Å². The molecule has 2 nitrogen and oxygen atoms in total. The van der Waals surface area contributed by atoms with Crippen molar-refractivity contribution in [3.05, 3.63) is 63.4 Å². The molecule has 0 aliphatic heterocycles. The van der Waals surface area contributed by atoms with E-state index >= 15 is 0 Å². The largest absolute Gasteiger partial charge is 0.496 e. The molecule has 0 fully saturated rings. The summed E-state index contributed by atoms with van der Waals surface area (Å²) in [6.07, 6.45) is -0.639. The van der Waals surface area contributed by atoms with Crippen molar-refractivity contribution in [2.75, 3.05) is 7.11 Å². The fraction of sp³-hybridized carbons (Fsp3) is 0.125. The molecule has 1 N–H and O–H groups in total. The molecular formula is C16H13BrO2S. The molecule has 1 heterocycles. The van der Waals surface area contributed by atoms with E-state index in [9.17, 15) is 5.11 Å². The smallest absolute Gasteiger partial charge is 0.133 e. The third kappa shape index (κ3) is 2.35. The van der Waals surface area contributed by atoms with Crippen LogP contribution in [0.4, 0.5) is 0 Å². The van der Waals surface area contributed by atoms with Crippen LogP contribution in [0.1, 0.15) is 17.2 Å². The molecule has 1 unspecified atom stereocenters. The Labute approximate surface area is 129 Å². The van der Waals surface area contributed by atoms with Crippen LogP contribution < -0.4 is 4.74 Å². The van der Waals surface area contributed by atoms with Crippen LogP contribution in [0.5, 0.6) is 5.75 Å². The van der Waals surface area contributed by atoms with E-state index in [1.165, 1.54) is 5.39 Å². The molecule has 2 aromatic carbocycles. The van der Waals surface area contributed by atoms with Gasteiger partial charge in [0.2, 0.25) is 0 Å². The maximum absolute atomic E-state index is 10.6. The molecule has 1 aromatic heterocycles. The summed E-state index contributed by atoms with van der Waals surface area (Å²) < 4.78 is 7.19. The summed E-state index contributed by atoms with van der Waals surface area (Å²) in [6.45, 7) is 0. The SMILES string of the molecule is COc1ccc(C(O)c2cccc3ccsc23)cc1Br. The Balaban J connectivity index is 2.06. The molecule has 0 aliphatic carbocycles. The number of aliphatic hydroxyl groups excluding tert-OH is 1. The van der Waals surface area contributed by atoms with Crippen LogP contribution in [0, 0.1) is 0 Å². The zero-order chi connectivity index (χ0) is 14.1. The highest BCUT2D eigenvalue weighted by Crippen LogP contribution is 2.35. The van der Waals surface area contributed by atoms with Gasteiger partial charge >= 0.3 is 0 Å². The van der Waals surface area contributed by atoms with Gasteiger partial charge in [0.15, 0.2) is 0 Å². The average molecular weight is 349 g/mol. The van der Waals surface area contributed by atoms with Gasteiger partial charge in [-0.25, -0.2) is 0 Å². The quantitative estimate of drug-likeness (QED) is 0.739. The predicted molar refractivity (Wildman–Crippen MR) is 86.6 cm³/mol. The molecule has 20 heavy (non-hydrogen) atoms. The van der Waals surface area contributed by atoms with Gasteiger partial charge in [0.25, 0.3) is 0 Å². The molecule has 0 saturated carbocycles. The fourth-order valence-corrected chi connectivity index (χ4v) is 3.76. The summed E-state index contributed by atoms with van der Waals surface area (Å²) >= 11 is 5.11. The molecule has 0 aliphatic rings. The second kappa shape index (κ2) is 5.56. The third-order valence-electron chi connectivity index (χ3n) is 3.30. The van der Waals surface area contributed by atoms with Gasteiger partial charge in [-0.1, -0.05) is 24.3 Å². The van der Waals surface area contributed by atoms with Crippen molar-refractivity contribution in [1.29, 1.82) is 0 Å². The van der Waals surface area contributed by atoms with Gasteiger partial charge in [-0.2, -0.15) is 0 Å². The monoisotopic (exact) mass is 348 g/mol. The van der Waals surface area contributed by atoms with E-state index in [4.69, 9.17) is 4.74 Å². The Morgan fingerprint density at radius 2 is 2.05 bits per heavy atom. The zero-order valence-electron chi connectivity index (χ0n) is 10.8. The normalized spacial score (nSPS) is 12.6. The van der Waals surface area contributed by atoms with Crippen LogP contribution >= 0.6 is 27.3 Å². The molecule has 0 spiro atoms. The molecule has 3 rings (SSSR count). The second-order valence-electron chi connectivity index (χ2n) is 4.48. The first-order valence-corrected chi connectivity index (χ1v) is 7.85. The first-order chi connectivity index (χ1) is 9.70. The number of thiophene rings is 1. The van der Waals surface area contributed by atoms with Gasteiger partial charge in [-0.05, 0) is 50.5 Å². The first kappa shape index (κ1) is 13.6. The number of halogens is 1. The lowest BCUT2D eigenvalue weighted by molar-refractivity contribution is 0.222. The summed E-state index contributed by atoms with van der Waals surface area (Å²) in [4.78, 5) is 0. The van der Waals surface area contributed by atoms with E-state index in [1.807, 2.05) is 35.7 Å². The van der Waals surface area contributed by atoms with Crippen molar-refractivity contribution in [2.45, 2.75) is 6.10 Å². The summed E-state index contributed by atoms with van der Waals surface area (Å²) in [5, 5.41) is 13.9. The Morgan fingerprint density at radius 3 is 2.80 bits per heavy atom. The van der Waals surface area contributed by atoms with Crippen molar-refractivity contribution >= 4 is 37.4 Å². The number of ether oxygens (including phenoxy) is 1. The minimum Gasteiger partial charge on any atom is -0.496 e. The van der Waals surface area contributed by atoms with Gasteiger partial charge in [0.05, 0.1) is 11.6 Å². The van der Waals surface area contributed by atoms with Crippen LogP contribution in [0.3, 0.4) is 0 Å². The number of methoxy groups -OCH3 is 1. The molecule has 0 radical (unpaired) electrons. The standard InChI is InChI=1S/C16H13BrO2S/c1-19-14-6-5-11(9-13(14)17)15(18)12-4-2-3-10-7-8-20-16(10)12/h2-9,15,18H,1H3. The van der Waals surface area contributed by atoms with Gasteiger partial charge in [-0.3, -0.25) is 0 Å². The van der Waals surface area contributed by atoms with Crippen molar-refractivity contribution in [3.8, 4) is 5.75 Å². The molecule has 0 amide bonds. The highest BCUT2D eigenvalue weighted by Gasteiger charge is 2.15. The topological polar surface area (TPSA) is 29.5 Å². The van der Waals surface area contributed by atoms with Crippen molar-refractivity contribution in [3.63, 3.8) is 0 Å². The highest BCUT2D eigenvalue weighted by atomic mass is 79.9. The van der Waals surface area contributed by atoms with Gasteiger partial charge < -0.3 is 9.84 Å². The summed E-state index contributed by atoms with van der Waals surface area (Å²) in [7, 11) is 1.63. The van der Waals surface area contributed by atoms with Crippen LogP contribution in [-0.4, -0.2) is 12.2 Å². The minimum absolute atomic E-state index is 0.639. The van der Waals surface area contributed by atoms with E-state index in [1.54, 1.807) is 18.4 Å². The van der Waals surface area contributed by atoms with Gasteiger partial charge in [0, 0.05) is 10.3 Å². The first-order valence-electron chi connectivity index (χ1n) is 6.18. The summed E-state index contributed by atoms with van der Waals surface area (Å²) in [5.74, 6) is 0.760. The van der Waals surface area contributed by atoms with Crippen LogP contribution in [-0.2, 0) is 0 Å². The minimum atomic E-state index is -0.639. The Hall–Kier alpha value is -1.36. The van der Waals surface area contributed by atoms with E-state index < -0.39 is 6.10 Å². The zero-order valence-corrected chi connectivity index (χ0v) is 13.2. The van der Waals surface area contributed by atoms with Crippen molar-refractivity contribution in [2.24, 2.45) is 0 Å². The predicted octanol–water partition coefficient (Wildman–Crippen LogP) is 4.75. The summed E-state index contributed by atoms with van der Waals surface area (Å²) in [6, 6.07) is 13.7. The summed E-state index contributed by atoms with van der Waals surface area (Å²) in [5.41, 5.74) is 1.79. The lowest BCUT2D eigenvalue weighted by Gasteiger charge is -2.14.